The van der Waals surface area contributed by atoms with E-state index >= 15 is 0 Å². The normalized spacial score (nSPS) is 10.5. The number of nitrogens with two attached hydrogens (primary N) is 1. The number of carbonyl (C=O) groups is 1. The number of imidazole rings is 1. The summed E-state index contributed by atoms with van der Waals surface area (Å²) in [5, 5.41) is 11.8. The third kappa shape index (κ3) is 3.66. The molecule has 0 aliphatic carbocycles. The molecule has 0 unspecified atom stereocenters. The fourth-order valence-corrected chi connectivity index (χ4v) is 1.78. The standard InChI is InChI=1S/C14H18N4O2/c15-5-6-18-8-13(17-10-18)14(20)16-7-11-1-3-12(9-19)4-2-11/h1-4,8,10,19H,5-7,9,15H2,(H,16,20). The number of nitrogens with one attached hydrogen (secondary N) is 1. The average Bonchev–Trinajstić information content (AvgIpc) is 2.94. The number of amides is 1. The minimum absolute atomic E-state index is 0.0191. The Bertz CT molecular complexity index is 563. The summed E-state index contributed by atoms with van der Waals surface area (Å²) in [6.07, 6.45) is 3.27. The number of hydrogen-bond donors (Lipinski definition) is 3. The summed E-state index contributed by atoms with van der Waals surface area (Å²) in [5.74, 6) is -0.216. The van der Waals surface area contributed by atoms with E-state index < -0.39 is 0 Å². The molecule has 0 fully saturated rings. The summed E-state index contributed by atoms with van der Waals surface area (Å²) < 4.78 is 1.78. The van der Waals surface area contributed by atoms with Gasteiger partial charge in [0.1, 0.15) is 5.69 Å². The maximum Gasteiger partial charge on any atom is 0.271 e. The van der Waals surface area contributed by atoms with E-state index in [2.05, 4.69) is 10.3 Å². The van der Waals surface area contributed by atoms with Crippen molar-refractivity contribution < 1.29 is 9.90 Å². The molecule has 20 heavy (non-hydrogen) atoms. The molecule has 0 radical (unpaired) electrons. The molecule has 0 atom stereocenters. The molecule has 6 nitrogen and oxygen atoms in total. The number of hydrogen-bond acceptors (Lipinski definition) is 4. The number of benzene rings is 1. The quantitative estimate of drug-likeness (QED) is 0.704. The van der Waals surface area contributed by atoms with E-state index in [1.54, 1.807) is 17.1 Å². The summed E-state index contributed by atoms with van der Waals surface area (Å²) in [6, 6.07) is 7.41. The van der Waals surface area contributed by atoms with Gasteiger partial charge in [0.05, 0.1) is 12.9 Å². The summed E-state index contributed by atoms with van der Waals surface area (Å²) in [5.41, 5.74) is 7.63. The van der Waals surface area contributed by atoms with E-state index in [0.29, 0.717) is 25.3 Å². The molecule has 4 N–H and O–H groups in total. The zero-order valence-corrected chi connectivity index (χ0v) is 11.1. The molecule has 2 aromatic rings. The molecule has 0 aliphatic heterocycles. The molecule has 0 bridgehead atoms. The minimum Gasteiger partial charge on any atom is -0.392 e. The number of aliphatic hydroxyl groups excluding tert-OH is 1. The Morgan fingerprint density at radius 2 is 2.00 bits per heavy atom. The van der Waals surface area contributed by atoms with Gasteiger partial charge in [-0.1, -0.05) is 24.3 Å². The lowest BCUT2D eigenvalue weighted by Gasteiger charge is -2.04. The number of aromatic nitrogens is 2. The van der Waals surface area contributed by atoms with Crippen LogP contribution in [-0.4, -0.2) is 27.1 Å². The molecule has 1 aromatic heterocycles. The zero-order valence-electron chi connectivity index (χ0n) is 11.1. The number of carbonyl (C=O) groups excluding carboxylic acids is 1. The van der Waals surface area contributed by atoms with Crippen LogP contribution >= 0.6 is 0 Å². The van der Waals surface area contributed by atoms with Crippen LogP contribution in [0.1, 0.15) is 21.6 Å². The van der Waals surface area contributed by atoms with Crippen LogP contribution in [0, 0.1) is 0 Å². The van der Waals surface area contributed by atoms with Gasteiger partial charge in [-0.2, -0.15) is 0 Å². The number of nitrogens with zero attached hydrogens (tertiary/aromatic N) is 2. The average molecular weight is 274 g/mol. The van der Waals surface area contributed by atoms with Gasteiger partial charge in [-0.25, -0.2) is 4.98 Å². The van der Waals surface area contributed by atoms with Crippen molar-refractivity contribution in [3.63, 3.8) is 0 Å². The lowest BCUT2D eigenvalue weighted by atomic mass is 10.1. The van der Waals surface area contributed by atoms with Gasteiger partial charge in [0.2, 0.25) is 0 Å². The lowest BCUT2D eigenvalue weighted by Crippen LogP contribution is -2.23. The maximum absolute atomic E-state index is 11.9. The Kier molecular flexibility index (Phi) is 4.86. The van der Waals surface area contributed by atoms with Gasteiger partial charge in [-0.3, -0.25) is 4.79 Å². The fraction of sp³-hybridized carbons (Fsp3) is 0.286. The van der Waals surface area contributed by atoms with Crippen molar-refractivity contribution in [3.05, 3.63) is 53.6 Å². The zero-order chi connectivity index (χ0) is 14.4. The Labute approximate surface area is 117 Å². The van der Waals surface area contributed by atoms with Gasteiger partial charge in [0.15, 0.2) is 0 Å². The molecule has 0 saturated carbocycles. The molecule has 106 valence electrons. The minimum atomic E-state index is -0.216. The molecule has 0 aliphatic rings. The number of aliphatic hydroxyl groups is 1. The molecule has 1 aromatic carbocycles. The van der Waals surface area contributed by atoms with E-state index in [9.17, 15) is 4.79 Å². The van der Waals surface area contributed by atoms with Crippen LogP contribution in [0.2, 0.25) is 0 Å². The fourth-order valence-electron chi connectivity index (χ4n) is 1.78. The molecular weight excluding hydrogens is 256 g/mol. The third-order valence-electron chi connectivity index (χ3n) is 2.91. The van der Waals surface area contributed by atoms with Crippen molar-refractivity contribution in [2.45, 2.75) is 19.7 Å². The van der Waals surface area contributed by atoms with Crippen molar-refractivity contribution in [2.24, 2.45) is 5.73 Å². The molecule has 1 amide bonds. The smallest absolute Gasteiger partial charge is 0.271 e. The van der Waals surface area contributed by atoms with Gasteiger partial charge in [0.25, 0.3) is 5.91 Å². The van der Waals surface area contributed by atoms with Gasteiger partial charge >= 0.3 is 0 Å². The highest BCUT2D eigenvalue weighted by Gasteiger charge is 2.08. The van der Waals surface area contributed by atoms with Gasteiger partial charge in [-0.15, -0.1) is 0 Å². The van der Waals surface area contributed by atoms with Crippen molar-refractivity contribution in [2.75, 3.05) is 6.54 Å². The van der Waals surface area contributed by atoms with E-state index in [1.807, 2.05) is 24.3 Å². The van der Waals surface area contributed by atoms with Crippen molar-refractivity contribution in [1.29, 1.82) is 0 Å². The first kappa shape index (κ1) is 14.2. The predicted molar refractivity (Wildman–Crippen MR) is 74.8 cm³/mol. The first-order valence-corrected chi connectivity index (χ1v) is 6.41. The van der Waals surface area contributed by atoms with Crippen LogP contribution in [0.5, 0.6) is 0 Å². The van der Waals surface area contributed by atoms with Gasteiger partial charge < -0.3 is 20.7 Å². The SMILES string of the molecule is NCCn1cnc(C(=O)NCc2ccc(CO)cc2)c1. The lowest BCUT2D eigenvalue weighted by molar-refractivity contribution is 0.0946. The Hall–Kier alpha value is -2.18. The van der Waals surface area contributed by atoms with Crippen LogP contribution in [0.25, 0.3) is 0 Å². The van der Waals surface area contributed by atoms with E-state index in [-0.39, 0.29) is 12.5 Å². The second-order valence-corrected chi connectivity index (χ2v) is 4.44. The van der Waals surface area contributed by atoms with Crippen molar-refractivity contribution >= 4 is 5.91 Å². The molecule has 0 spiro atoms. The first-order valence-electron chi connectivity index (χ1n) is 6.41. The summed E-state index contributed by atoms with van der Waals surface area (Å²) in [7, 11) is 0. The van der Waals surface area contributed by atoms with Crippen molar-refractivity contribution in [1.82, 2.24) is 14.9 Å². The number of rotatable bonds is 6. The van der Waals surface area contributed by atoms with Crippen LogP contribution in [-0.2, 0) is 19.7 Å². The molecule has 6 heteroatoms. The highest BCUT2D eigenvalue weighted by atomic mass is 16.3. The monoisotopic (exact) mass is 274 g/mol. The van der Waals surface area contributed by atoms with E-state index in [4.69, 9.17) is 10.8 Å². The summed E-state index contributed by atoms with van der Waals surface area (Å²) in [6.45, 7) is 1.59. The first-order chi connectivity index (χ1) is 9.72. The Morgan fingerprint density at radius 1 is 1.30 bits per heavy atom. The Morgan fingerprint density at radius 3 is 2.65 bits per heavy atom. The molecular formula is C14H18N4O2. The van der Waals surface area contributed by atoms with E-state index in [0.717, 1.165) is 11.1 Å². The predicted octanol–water partition coefficient (Wildman–Crippen LogP) is 0.264. The maximum atomic E-state index is 11.9. The highest BCUT2D eigenvalue weighted by Crippen LogP contribution is 2.04. The van der Waals surface area contributed by atoms with Crippen LogP contribution in [0.3, 0.4) is 0 Å². The van der Waals surface area contributed by atoms with Gasteiger partial charge in [-0.05, 0) is 11.1 Å². The second-order valence-electron chi connectivity index (χ2n) is 4.44. The molecule has 0 saturated heterocycles. The van der Waals surface area contributed by atoms with E-state index in [1.165, 1.54) is 0 Å². The topological polar surface area (TPSA) is 93.2 Å². The molecule has 2 rings (SSSR count). The third-order valence-corrected chi connectivity index (χ3v) is 2.91. The summed E-state index contributed by atoms with van der Waals surface area (Å²) >= 11 is 0. The largest absolute Gasteiger partial charge is 0.392 e. The van der Waals surface area contributed by atoms with Crippen molar-refractivity contribution in [3.8, 4) is 0 Å². The Balaban J connectivity index is 1.90. The summed E-state index contributed by atoms with van der Waals surface area (Å²) in [4.78, 5) is 15.9. The van der Waals surface area contributed by atoms with Crippen LogP contribution < -0.4 is 11.1 Å². The highest BCUT2D eigenvalue weighted by molar-refractivity contribution is 5.91. The second kappa shape index (κ2) is 6.83. The molecule has 1 heterocycles. The van der Waals surface area contributed by atoms with Crippen LogP contribution in [0.4, 0.5) is 0 Å². The van der Waals surface area contributed by atoms with Crippen LogP contribution in [0.15, 0.2) is 36.8 Å². The van der Waals surface area contributed by atoms with Gasteiger partial charge in [0, 0.05) is 25.8 Å².